The van der Waals surface area contributed by atoms with Gasteiger partial charge in [-0.05, 0) is 0 Å². The van der Waals surface area contributed by atoms with Crippen molar-refractivity contribution in [2.75, 3.05) is 7.11 Å². The second kappa shape index (κ2) is 4.48. The summed E-state index contributed by atoms with van der Waals surface area (Å²) in [6.07, 6.45) is 0. The van der Waals surface area contributed by atoms with Gasteiger partial charge in [0.2, 0.25) is 0 Å². The molecule has 0 fully saturated rings. The molecule has 1 aromatic carbocycles. The maximum Gasteiger partial charge on any atom is 0.346 e. The van der Waals surface area contributed by atoms with Gasteiger partial charge in [0.15, 0.2) is 17.4 Å². The van der Waals surface area contributed by atoms with E-state index in [1.54, 1.807) is 6.92 Å². The third kappa shape index (κ3) is 2.17. The molecular formula is C12H11NO5. The summed E-state index contributed by atoms with van der Waals surface area (Å²) >= 11 is 0. The molecule has 0 saturated heterocycles. The van der Waals surface area contributed by atoms with Gasteiger partial charge in [-0.3, -0.25) is 4.79 Å². The lowest BCUT2D eigenvalue weighted by Crippen LogP contribution is -2.06. The van der Waals surface area contributed by atoms with E-state index in [9.17, 15) is 9.59 Å². The van der Waals surface area contributed by atoms with Gasteiger partial charge in [0.05, 0.1) is 18.0 Å². The monoisotopic (exact) mass is 249 g/mol. The molecule has 94 valence electrons. The van der Waals surface area contributed by atoms with Crippen LogP contribution in [0, 0.1) is 6.92 Å². The van der Waals surface area contributed by atoms with Crippen molar-refractivity contribution in [3.8, 4) is 11.5 Å². The van der Waals surface area contributed by atoms with Gasteiger partial charge in [-0.1, -0.05) is 0 Å². The van der Waals surface area contributed by atoms with Gasteiger partial charge in [-0.2, -0.15) is 0 Å². The van der Waals surface area contributed by atoms with E-state index in [0.29, 0.717) is 5.52 Å². The fourth-order valence-electron chi connectivity index (χ4n) is 1.58. The molecule has 1 heterocycles. The number of benzene rings is 1. The average Bonchev–Trinajstić information content (AvgIpc) is 2.27. The van der Waals surface area contributed by atoms with E-state index in [2.05, 4.69) is 4.98 Å². The minimum Gasteiger partial charge on any atom is -0.493 e. The van der Waals surface area contributed by atoms with Crippen molar-refractivity contribution in [1.82, 2.24) is 4.98 Å². The molecule has 6 heteroatoms. The summed E-state index contributed by atoms with van der Waals surface area (Å²) in [7, 11) is 1.41. The van der Waals surface area contributed by atoms with Crippen LogP contribution in [0.4, 0.5) is 0 Å². The Balaban J connectivity index is 2.72. The number of carbonyl (C=O) groups is 1. The fourth-order valence-corrected chi connectivity index (χ4v) is 1.58. The van der Waals surface area contributed by atoms with Crippen molar-refractivity contribution in [3.63, 3.8) is 0 Å². The number of esters is 1. The zero-order valence-corrected chi connectivity index (χ0v) is 10.1. The number of nitrogens with zero attached hydrogens (tertiary/aromatic N) is 1. The van der Waals surface area contributed by atoms with E-state index >= 15 is 0 Å². The van der Waals surface area contributed by atoms with Crippen LogP contribution in [0.15, 0.2) is 21.3 Å². The van der Waals surface area contributed by atoms with E-state index in [1.807, 2.05) is 0 Å². The van der Waals surface area contributed by atoms with E-state index in [-0.39, 0.29) is 22.8 Å². The summed E-state index contributed by atoms with van der Waals surface area (Å²) in [5.74, 6) is 0.254. The predicted octanol–water partition coefficient (Wildman–Crippen LogP) is 1.43. The van der Waals surface area contributed by atoms with Crippen molar-refractivity contribution in [1.29, 1.82) is 0 Å². The number of hydrogen-bond acceptors (Lipinski definition) is 6. The van der Waals surface area contributed by atoms with Crippen molar-refractivity contribution in [2.24, 2.45) is 0 Å². The highest BCUT2D eigenvalue weighted by atomic mass is 16.6. The highest BCUT2D eigenvalue weighted by molar-refractivity contribution is 5.83. The first-order valence-electron chi connectivity index (χ1n) is 5.19. The normalized spacial score (nSPS) is 10.4. The van der Waals surface area contributed by atoms with Crippen LogP contribution >= 0.6 is 0 Å². The summed E-state index contributed by atoms with van der Waals surface area (Å²) in [6.45, 7) is 2.85. The molecule has 18 heavy (non-hydrogen) atoms. The number of rotatable bonds is 2. The van der Waals surface area contributed by atoms with Gasteiger partial charge in [-0.15, -0.1) is 0 Å². The summed E-state index contributed by atoms with van der Waals surface area (Å²) in [4.78, 5) is 26.7. The zero-order valence-electron chi connectivity index (χ0n) is 10.1. The standard InChI is InChI=1S/C12H11NO5/c1-6-13-9-5-11(18-7(2)14)10(16-3)4-8(9)12(15)17-6/h4-5H,1-3H3. The average molecular weight is 249 g/mol. The molecule has 0 amide bonds. The molecule has 0 N–H and O–H groups in total. The van der Waals surface area contributed by atoms with Crippen LogP contribution in [-0.2, 0) is 4.79 Å². The molecule has 0 saturated carbocycles. The molecule has 0 spiro atoms. The SMILES string of the molecule is COc1cc2c(=O)oc(C)nc2cc1OC(C)=O. The van der Waals surface area contributed by atoms with Crippen LogP contribution in [0.1, 0.15) is 12.8 Å². The van der Waals surface area contributed by atoms with Crippen LogP contribution < -0.4 is 15.1 Å². The van der Waals surface area contributed by atoms with Gasteiger partial charge < -0.3 is 13.9 Å². The quantitative estimate of drug-likeness (QED) is 0.591. The molecule has 0 aliphatic rings. The smallest absolute Gasteiger partial charge is 0.346 e. The Labute approximate surface area is 102 Å². The molecule has 0 aliphatic heterocycles. The highest BCUT2D eigenvalue weighted by Gasteiger charge is 2.13. The number of aryl methyl sites for hydroxylation is 1. The molecule has 0 unspecified atom stereocenters. The van der Waals surface area contributed by atoms with Crippen LogP contribution in [0.2, 0.25) is 0 Å². The molecule has 0 radical (unpaired) electrons. The van der Waals surface area contributed by atoms with E-state index in [1.165, 1.54) is 26.2 Å². The van der Waals surface area contributed by atoms with Crippen molar-refractivity contribution < 1.29 is 18.7 Å². The van der Waals surface area contributed by atoms with Crippen LogP contribution in [0.3, 0.4) is 0 Å². The minimum absolute atomic E-state index is 0.218. The van der Waals surface area contributed by atoms with Crippen molar-refractivity contribution in [2.45, 2.75) is 13.8 Å². The zero-order chi connectivity index (χ0) is 13.3. The van der Waals surface area contributed by atoms with Crippen molar-refractivity contribution in [3.05, 3.63) is 28.4 Å². The highest BCUT2D eigenvalue weighted by Crippen LogP contribution is 2.30. The number of ether oxygens (including phenoxy) is 2. The Bertz CT molecular complexity index is 674. The number of aromatic nitrogens is 1. The first-order valence-corrected chi connectivity index (χ1v) is 5.19. The molecule has 0 atom stereocenters. The first-order chi connectivity index (χ1) is 8.51. The third-order valence-electron chi connectivity index (χ3n) is 2.27. The maximum atomic E-state index is 11.6. The number of methoxy groups -OCH3 is 1. The summed E-state index contributed by atoms with van der Waals surface area (Å²) in [5.41, 5.74) is -0.119. The lowest BCUT2D eigenvalue weighted by Gasteiger charge is -2.08. The van der Waals surface area contributed by atoms with Gasteiger partial charge >= 0.3 is 11.6 Å². The molecule has 0 aliphatic carbocycles. The van der Waals surface area contributed by atoms with Crippen LogP contribution in [0.25, 0.3) is 10.9 Å². The summed E-state index contributed by atoms with van der Waals surface area (Å²) < 4.78 is 14.9. The Morgan fingerprint density at radius 3 is 2.67 bits per heavy atom. The Hall–Kier alpha value is -2.37. The molecule has 1 aromatic heterocycles. The van der Waals surface area contributed by atoms with E-state index < -0.39 is 11.6 Å². The van der Waals surface area contributed by atoms with Crippen LogP contribution in [-0.4, -0.2) is 18.1 Å². The van der Waals surface area contributed by atoms with Crippen LogP contribution in [0.5, 0.6) is 11.5 Å². The Morgan fingerprint density at radius 1 is 1.33 bits per heavy atom. The second-order valence-corrected chi connectivity index (χ2v) is 3.63. The Kier molecular flexibility index (Phi) is 3.01. The maximum absolute atomic E-state index is 11.6. The van der Waals surface area contributed by atoms with Gasteiger partial charge in [0.1, 0.15) is 0 Å². The molecule has 2 rings (SSSR count). The van der Waals surface area contributed by atoms with E-state index in [0.717, 1.165) is 0 Å². The largest absolute Gasteiger partial charge is 0.493 e. The number of fused-ring (bicyclic) bond motifs is 1. The fraction of sp³-hybridized carbons (Fsp3) is 0.250. The summed E-state index contributed by atoms with van der Waals surface area (Å²) in [6, 6.07) is 2.91. The number of hydrogen-bond donors (Lipinski definition) is 0. The topological polar surface area (TPSA) is 78.6 Å². The molecule has 6 nitrogen and oxygen atoms in total. The minimum atomic E-state index is -0.509. The lowest BCUT2D eigenvalue weighted by atomic mass is 10.2. The number of carbonyl (C=O) groups excluding carboxylic acids is 1. The molecule has 2 aromatic rings. The van der Waals surface area contributed by atoms with E-state index in [4.69, 9.17) is 13.9 Å². The lowest BCUT2D eigenvalue weighted by molar-refractivity contribution is -0.131. The van der Waals surface area contributed by atoms with Gasteiger partial charge in [0.25, 0.3) is 0 Å². The van der Waals surface area contributed by atoms with Gasteiger partial charge in [0, 0.05) is 26.0 Å². The Morgan fingerprint density at radius 2 is 2.06 bits per heavy atom. The molecule has 0 bridgehead atoms. The second-order valence-electron chi connectivity index (χ2n) is 3.63. The first kappa shape index (κ1) is 12.1. The summed E-state index contributed by atoms with van der Waals surface area (Å²) in [5, 5.41) is 0.272. The molecular weight excluding hydrogens is 238 g/mol. The van der Waals surface area contributed by atoms with Gasteiger partial charge in [-0.25, -0.2) is 9.78 Å². The van der Waals surface area contributed by atoms with Crippen molar-refractivity contribution >= 4 is 16.9 Å². The predicted molar refractivity (Wildman–Crippen MR) is 62.9 cm³/mol. The third-order valence-corrected chi connectivity index (χ3v) is 2.27.